The van der Waals surface area contributed by atoms with Gasteiger partial charge in [-0.05, 0) is 36.4 Å². The fourth-order valence-electron chi connectivity index (χ4n) is 2.38. The molecule has 3 aromatic rings. The zero-order chi connectivity index (χ0) is 20.3. The second kappa shape index (κ2) is 7.78. The highest BCUT2D eigenvalue weighted by Gasteiger charge is 2.16. The molecule has 0 saturated carbocycles. The van der Waals surface area contributed by atoms with Crippen molar-refractivity contribution in [2.24, 2.45) is 0 Å². The van der Waals surface area contributed by atoms with Crippen LogP contribution in [0.5, 0.6) is 0 Å². The van der Waals surface area contributed by atoms with Crippen molar-refractivity contribution >= 4 is 17.6 Å². The van der Waals surface area contributed by atoms with Crippen molar-refractivity contribution in [1.29, 1.82) is 0 Å². The van der Waals surface area contributed by atoms with Gasteiger partial charge in [-0.25, -0.2) is 13.6 Å². The highest BCUT2D eigenvalue weighted by molar-refractivity contribution is 6.03. The number of anilines is 1. The number of aromatic nitrogens is 2. The van der Waals surface area contributed by atoms with Gasteiger partial charge in [0.25, 0.3) is 11.5 Å². The molecule has 0 spiro atoms. The van der Waals surface area contributed by atoms with Crippen molar-refractivity contribution in [1.82, 2.24) is 9.78 Å². The molecule has 0 radical (unpaired) electrons. The van der Waals surface area contributed by atoms with Crippen LogP contribution in [0.15, 0.2) is 59.4 Å². The van der Waals surface area contributed by atoms with Gasteiger partial charge in [0.2, 0.25) is 0 Å². The average Bonchev–Trinajstić information content (AvgIpc) is 2.70. The lowest BCUT2D eigenvalue weighted by Crippen LogP contribution is -2.25. The molecule has 0 atom stereocenters. The number of carbonyl (C=O) groups is 2. The highest BCUT2D eigenvalue weighted by atomic mass is 19.1. The van der Waals surface area contributed by atoms with Gasteiger partial charge in [-0.1, -0.05) is 12.1 Å². The van der Waals surface area contributed by atoms with E-state index in [2.05, 4.69) is 15.2 Å². The molecule has 142 valence electrons. The molecule has 1 heterocycles. The number of benzene rings is 2. The van der Waals surface area contributed by atoms with Crippen LogP contribution in [0.1, 0.15) is 20.8 Å². The smallest absolute Gasteiger partial charge is 0.337 e. The molecule has 1 N–H and O–H groups in total. The summed E-state index contributed by atoms with van der Waals surface area (Å²) >= 11 is 0. The standard InChI is InChI=1S/C19H13F2N3O4/c1-28-19(27)11-6-7-12(20)15(10-11)22-18(26)14-8-9-17(25)24(23-14)16-5-3-2-4-13(16)21/h2-10H,1H3,(H,22,26). The average molecular weight is 385 g/mol. The number of methoxy groups -OCH3 is 1. The fraction of sp³-hybridized carbons (Fsp3) is 0.0526. The summed E-state index contributed by atoms with van der Waals surface area (Å²) in [6.45, 7) is 0. The summed E-state index contributed by atoms with van der Waals surface area (Å²) in [7, 11) is 1.17. The SMILES string of the molecule is COC(=O)c1ccc(F)c(NC(=O)c2ccc(=O)n(-c3ccccc3F)n2)c1. The molecule has 9 heteroatoms. The number of carbonyl (C=O) groups excluding carboxylic acids is 2. The predicted molar refractivity (Wildman–Crippen MR) is 95.5 cm³/mol. The molecule has 28 heavy (non-hydrogen) atoms. The molecule has 0 saturated heterocycles. The van der Waals surface area contributed by atoms with Crippen LogP contribution < -0.4 is 10.9 Å². The molecular weight excluding hydrogens is 372 g/mol. The summed E-state index contributed by atoms with van der Waals surface area (Å²) in [5.41, 5.74) is -1.30. The lowest BCUT2D eigenvalue weighted by atomic mass is 10.2. The van der Waals surface area contributed by atoms with E-state index in [-0.39, 0.29) is 22.6 Å². The Morgan fingerprint density at radius 1 is 1.04 bits per heavy atom. The van der Waals surface area contributed by atoms with Crippen LogP contribution in [-0.2, 0) is 4.74 Å². The minimum absolute atomic E-state index is 0.0310. The van der Waals surface area contributed by atoms with Gasteiger partial charge in [0.05, 0.1) is 18.4 Å². The van der Waals surface area contributed by atoms with Crippen LogP contribution >= 0.6 is 0 Å². The van der Waals surface area contributed by atoms with Gasteiger partial charge >= 0.3 is 5.97 Å². The molecule has 0 aliphatic carbocycles. The fourth-order valence-corrected chi connectivity index (χ4v) is 2.38. The number of hydrogen-bond donors (Lipinski definition) is 1. The third-order valence-electron chi connectivity index (χ3n) is 3.75. The van der Waals surface area contributed by atoms with E-state index in [4.69, 9.17) is 0 Å². The third-order valence-corrected chi connectivity index (χ3v) is 3.75. The first-order valence-electron chi connectivity index (χ1n) is 7.95. The van der Waals surface area contributed by atoms with Crippen LogP contribution in [0.3, 0.4) is 0 Å². The van der Waals surface area contributed by atoms with Gasteiger partial charge in [-0.2, -0.15) is 9.78 Å². The van der Waals surface area contributed by atoms with Gasteiger partial charge in [0.15, 0.2) is 0 Å². The maximum absolute atomic E-state index is 14.0. The molecule has 1 aromatic heterocycles. The monoisotopic (exact) mass is 385 g/mol. The molecule has 0 bridgehead atoms. The molecule has 0 aliphatic rings. The van der Waals surface area contributed by atoms with Crippen molar-refractivity contribution in [3.8, 4) is 5.69 Å². The number of ether oxygens (including phenoxy) is 1. The zero-order valence-electron chi connectivity index (χ0n) is 14.5. The van der Waals surface area contributed by atoms with Gasteiger partial charge in [0, 0.05) is 6.07 Å². The summed E-state index contributed by atoms with van der Waals surface area (Å²) in [6, 6.07) is 10.9. The van der Waals surface area contributed by atoms with E-state index < -0.39 is 29.1 Å². The first kappa shape index (κ1) is 18.9. The maximum Gasteiger partial charge on any atom is 0.337 e. The number of para-hydroxylation sites is 1. The second-order valence-corrected chi connectivity index (χ2v) is 5.56. The Hall–Kier alpha value is -3.88. The maximum atomic E-state index is 14.0. The van der Waals surface area contributed by atoms with E-state index in [0.717, 1.165) is 35.0 Å². The van der Waals surface area contributed by atoms with Gasteiger partial charge < -0.3 is 10.1 Å². The third kappa shape index (κ3) is 3.78. The number of amides is 1. The van der Waals surface area contributed by atoms with E-state index in [1.165, 1.54) is 31.4 Å². The Bertz CT molecular complexity index is 1130. The van der Waals surface area contributed by atoms with E-state index in [1.807, 2.05) is 0 Å². The van der Waals surface area contributed by atoms with Crippen LogP contribution in [-0.4, -0.2) is 28.8 Å². The number of nitrogens with zero attached hydrogens (tertiary/aromatic N) is 2. The Balaban J connectivity index is 1.94. The first-order chi connectivity index (χ1) is 13.4. The normalized spacial score (nSPS) is 10.4. The van der Waals surface area contributed by atoms with Crippen LogP contribution in [0, 0.1) is 11.6 Å². The lowest BCUT2D eigenvalue weighted by Gasteiger charge is -2.10. The van der Waals surface area contributed by atoms with Crippen LogP contribution in [0.25, 0.3) is 5.69 Å². The summed E-state index contributed by atoms with van der Waals surface area (Å²) in [4.78, 5) is 36.0. The summed E-state index contributed by atoms with van der Waals surface area (Å²) in [6.07, 6.45) is 0. The molecule has 7 nitrogen and oxygen atoms in total. The molecule has 3 rings (SSSR count). The van der Waals surface area contributed by atoms with Crippen molar-refractivity contribution < 1.29 is 23.1 Å². The number of hydrogen-bond acceptors (Lipinski definition) is 5. The molecule has 1 amide bonds. The van der Waals surface area contributed by atoms with Crippen LogP contribution in [0.2, 0.25) is 0 Å². The second-order valence-electron chi connectivity index (χ2n) is 5.56. The van der Waals surface area contributed by atoms with Crippen molar-refractivity contribution in [2.45, 2.75) is 0 Å². The first-order valence-corrected chi connectivity index (χ1v) is 7.95. The summed E-state index contributed by atoms with van der Waals surface area (Å²) in [5.74, 6) is -3.05. The summed E-state index contributed by atoms with van der Waals surface area (Å²) < 4.78 is 33.2. The van der Waals surface area contributed by atoms with E-state index in [0.29, 0.717) is 0 Å². The van der Waals surface area contributed by atoms with Gasteiger partial charge in [0.1, 0.15) is 23.0 Å². The van der Waals surface area contributed by atoms with E-state index in [1.54, 1.807) is 0 Å². The summed E-state index contributed by atoms with van der Waals surface area (Å²) in [5, 5.41) is 6.11. The lowest BCUT2D eigenvalue weighted by molar-refractivity contribution is 0.0600. The van der Waals surface area contributed by atoms with Crippen molar-refractivity contribution in [3.05, 3.63) is 87.8 Å². The minimum Gasteiger partial charge on any atom is -0.465 e. The van der Waals surface area contributed by atoms with Gasteiger partial charge in [-0.3, -0.25) is 9.59 Å². The minimum atomic E-state index is -0.856. The Labute approximate surface area is 157 Å². The number of halogens is 2. The van der Waals surface area contributed by atoms with E-state index >= 15 is 0 Å². The Morgan fingerprint density at radius 2 is 1.79 bits per heavy atom. The van der Waals surface area contributed by atoms with Crippen molar-refractivity contribution in [3.63, 3.8) is 0 Å². The number of rotatable bonds is 4. The molecular formula is C19H13F2N3O4. The topological polar surface area (TPSA) is 90.3 Å². The predicted octanol–water partition coefficient (Wildman–Crippen LogP) is 2.55. The quantitative estimate of drug-likeness (QED) is 0.697. The molecule has 0 aliphatic heterocycles. The largest absolute Gasteiger partial charge is 0.465 e. The zero-order valence-corrected chi connectivity index (χ0v) is 14.5. The Morgan fingerprint density at radius 3 is 2.50 bits per heavy atom. The van der Waals surface area contributed by atoms with E-state index in [9.17, 15) is 23.2 Å². The number of nitrogens with one attached hydrogen (secondary N) is 1. The molecule has 2 aromatic carbocycles. The highest BCUT2D eigenvalue weighted by Crippen LogP contribution is 2.18. The van der Waals surface area contributed by atoms with Gasteiger partial charge in [-0.15, -0.1) is 0 Å². The van der Waals surface area contributed by atoms with Crippen LogP contribution in [0.4, 0.5) is 14.5 Å². The molecule has 0 fully saturated rings. The molecule has 0 unspecified atom stereocenters. The Kier molecular flexibility index (Phi) is 5.25. The number of esters is 1. The van der Waals surface area contributed by atoms with Crippen molar-refractivity contribution in [2.75, 3.05) is 12.4 Å².